The second kappa shape index (κ2) is 6.45. The van der Waals surface area contributed by atoms with Crippen LogP contribution in [0.15, 0.2) is 12.4 Å². The van der Waals surface area contributed by atoms with Gasteiger partial charge < -0.3 is 9.64 Å². The minimum Gasteiger partial charge on any atom is -0.466 e. The first-order chi connectivity index (χ1) is 9.61. The molecule has 6 nitrogen and oxygen atoms in total. The molecule has 20 heavy (non-hydrogen) atoms. The van der Waals surface area contributed by atoms with Crippen LogP contribution in [0.2, 0.25) is 0 Å². The van der Waals surface area contributed by atoms with Gasteiger partial charge in [0.25, 0.3) is 5.91 Å². The van der Waals surface area contributed by atoms with Crippen molar-refractivity contribution in [3.05, 3.63) is 23.8 Å². The average molecular weight is 277 g/mol. The Balaban J connectivity index is 2.03. The third-order valence-electron chi connectivity index (χ3n) is 3.33. The van der Waals surface area contributed by atoms with Crippen LogP contribution < -0.4 is 0 Å². The zero-order valence-corrected chi connectivity index (χ0v) is 11.8. The van der Waals surface area contributed by atoms with Gasteiger partial charge in [-0.1, -0.05) is 0 Å². The SMILES string of the molecule is CCOC(=O)[C@@H]1CCCN(C(=O)c2cnc(C)cn2)C1. The highest BCUT2D eigenvalue weighted by Gasteiger charge is 2.30. The number of hydrogen-bond acceptors (Lipinski definition) is 5. The van der Waals surface area contributed by atoms with E-state index in [9.17, 15) is 9.59 Å². The van der Waals surface area contributed by atoms with Gasteiger partial charge in [-0.25, -0.2) is 4.98 Å². The van der Waals surface area contributed by atoms with Crippen LogP contribution >= 0.6 is 0 Å². The molecule has 1 aromatic rings. The Bertz CT molecular complexity index is 487. The van der Waals surface area contributed by atoms with Crippen LogP contribution in [0, 0.1) is 12.8 Å². The van der Waals surface area contributed by atoms with Crippen molar-refractivity contribution in [2.45, 2.75) is 26.7 Å². The van der Waals surface area contributed by atoms with Crippen LogP contribution in [0.4, 0.5) is 0 Å². The maximum atomic E-state index is 12.3. The molecule has 1 fully saturated rings. The Morgan fingerprint density at radius 1 is 1.40 bits per heavy atom. The van der Waals surface area contributed by atoms with Crippen molar-refractivity contribution in [3.8, 4) is 0 Å². The third-order valence-corrected chi connectivity index (χ3v) is 3.33. The number of rotatable bonds is 3. The molecular weight excluding hydrogens is 258 g/mol. The van der Waals surface area contributed by atoms with E-state index < -0.39 is 0 Å². The van der Waals surface area contributed by atoms with Gasteiger partial charge in [-0.15, -0.1) is 0 Å². The summed E-state index contributed by atoms with van der Waals surface area (Å²) in [7, 11) is 0. The van der Waals surface area contributed by atoms with Gasteiger partial charge in [0.1, 0.15) is 5.69 Å². The average Bonchev–Trinajstić information content (AvgIpc) is 2.48. The summed E-state index contributed by atoms with van der Waals surface area (Å²) < 4.78 is 5.03. The van der Waals surface area contributed by atoms with Crippen LogP contribution in [0.25, 0.3) is 0 Å². The fourth-order valence-electron chi connectivity index (χ4n) is 2.28. The highest BCUT2D eigenvalue weighted by molar-refractivity contribution is 5.92. The second-order valence-electron chi connectivity index (χ2n) is 4.89. The Morgan fingerprint density at radius 2 is 2.20 bits per heavy atom. The van der Waals surface area contributed by atoms with E-state index in [-0.39, 0.29) is 17.8 Å². The molecule has 6 heteroatoms. The summed E-state index contributed by atoms with van der Waals surface area (Å²) in [6.45, 7) is 5.01. The molecule has 0 N–H and O–H groups in total. The lowest BCUT2D eigenvalue weighted by Crippen LogP contribution is -2.43. The summed E-state index contributed by atoms with van der Waals surface area (Å²) in [5.74, 6) is -0.627. The van der Waals surface area contributed by atoms with E-state index in [2.05, 4.69) is 9.97 Å². The number of aryl methyl sites for hydroxylation is 1. The van der Waals surface area contributed by atoms with Gasteiger partial charge in [0.05, 0.1) is 24.4 Å². The standard InChI is InChI=1S/C14H19N3O3/c1-3-20-14(19)11-5-4-6-17(9-11)13(18)12-8-15-10(2)7-16-12/h7-8,11H,3-6,9H2,1-2H3/t11-/m1/s1. The number of hydrogen-bond donors (Lipinski definition) is 0. The van der Waals surface area contributed by atoms with E-state index in [0.29, 0.717) is 25.4 Å². The first-order valence-corrected chi connectivity index (χ1v) is 6.86. The van der Waals surface area contributed by atoms with Crippen LogP contribution in [0.3, 0.4) is 0 Å². The molecular formula is C14H19N3O3. The van der Waals surface area contributed by atoms with Crippen LogP contribution in [-0.2, 0) is 9.53 Å². The second-order valence-corrected chi connectivity index (χ2v) is 4.89. The number of amides is 1. The molecule has 2 rings (SSSR count). The highest BCUT2D eigenvalue weighted by atomic mass is 16.5. The first-order valence-electron chi connectivity index (χ1n) is 6.86. The molecule has 1 aromatic heterocycles. The Morgan fingerprint density at radius 3 is 2.85 bits per heavy atom. The molecule has 0 aliphatic carbocycles. The van der Waals surface area contributed by atoms with Gasteiger partial charge >= 0.3 is 5.97 Å². The minimum absolute atomic E-state index is 0.175. The molecule has 1 aliphatic rings. The normalized spacial score (nSPS) is 18.7. The maximum Gasteiger partial charge on any atom is 0.310 e. The number of piperidine rings is 1. The van der Waals surface area contributed by atoms with Crippen LogP contribution in [0.5, 0.6) is 0 Å². The topological polar surface area (TPSA) is 72.4 Å². The van der Waals surface area contributed by atoms with Crippen molar-refractivity contribution >= 4 is 11.9 Å². The summed E-state index contributed by atoms with van der Waals surface area (Å²) in [4.78, 5) is 33.9. The molecule has 0 aromatic carbocycles. The number of likely N-dealkylation sites (tertiary alicyclic amines) is 1. The monoisotopic (exact) mass is 277 g/mol. The number of carbonyl (C=O) groups is 2. The van der Waals surface area contributed by atoms with Crippen LogP contribution in [-0.4, -0.2) is 46.4 Å². The van der Waals surface area contributed by atoms with E-state index >= 15 is 0 Å². The van der Waals surface area contributed by atoms with Crippen molar-refractivity contribution < 1.29 is 14.3 Å². The molecule has 1 atom stereocenters. The first kappa shape index (κ1) is 14.4. The van der Waals surface area contributed by atoms with E-state index in [1.165, 1.54) is 6.20 Å². The van der Waals surface area contributed by atoms with Crippen molar-refractivity contribution in [3.63, 3.8) is 0 Å². The lowest BCUT2D eigenvalue weighted by Gasteiger charge is -2.31. The van der Waals surface area contributed by atoms with Crippen molar-refractivity contribution in [1.82, 2.24) is 14.9 Å². The summed E-state index contributed by atoms with van der Waals surface area (Å²) >= 11 is 0. The van der Waals surface area contributed by atoms with E-state index in [0.717, 1.165) is 18.5 Å². The van der Waals surface area contributed by atoms with Gasteiger partial charge in [-0.3, -0.25) is 14.6 Å². The molecule has 0 bridgehead atoms. The number of esters is 1. The minimum atomic E-state index is -0.231. The molecule has 108 valence electrons. The molecule has 0 spiro atoms. The zero-order chi connectivity index (χ0) is 14.5. The molecule has 1 aliphatic heterocycles. The number of nitrogens with zero attached hydrogens (tertiary/aromatic N) is 3. The van der Waals surface area contributed by atoms with E-state index in [1.54, 1.807) is 18.0 Å². The Kier molecular flexibility index (Phi) is 4.65. The van der Waals surface area contributed by atoms with E-state index in [1.807, 2.05) is 6.92 Å². The highest BCUT2D eigenvalue weighted by Crippen LogP contribution is 2.19. The van der Waals surface area contributed by atoms with Crippen molar-refractivity contribution in [2.75, 3.05) is 19.7 Å². The Hall–Kier alpha value is -1.98. The largest absolute Gasteiger partial charge is 0.466 e. The predicted octanol–water partition coefficient (Wildman–Crippen LogP) is 1.20. The Labute approximate surface area is 118 Å². The molecule has 2 heterocycles. The van der Waals surface area contributed by atoms with Crippen molar-refractivity contribution in [1.29, 1.82) is 0 Å². The molecule has 1 saturated heterocycles. The van der Waals surface area contributed by atoms with Gasteiger partial charge in [-0.2, -0.15) is 0 Å². The van der Waals surface area contributed by atoms with Gasteiger partial charge in [0.2, 0.25) is 0 Å². The fraction of sp³-hybridized carbons (Fsp3) is 0.571. The zero-order valence-electron chi connectivity index (χ0n) is 11.8. The summed E-state index contributed by atoms with van der Waals surface area (Å²) in [6.07, 6.45) is 4.61. The lowest BCUT2D eigenvalue weighted by molar-refractivity contribution is -0.149. The number of carbonyl (C=O) groups excluding carboxylic acids is 2. The maximum absolute atomic E-state index is 12.3. The third kappa shape index (κ3) is 3.31. The number of ether oxygens (including phenoxy) is 1. The molecule has 0 saturated carbocycles. The molecule has 0 unspecified atom stereocenters. The molecule has 0 radical (unpaired) electrons. The van der Waals surface area contributed by atoms with Gasteiger partial charge in [-0.05, 0) is 26.7 Å². The van der Waals surface area contributed by atoms with Gasteiger partial charge in [0, 0.05) is 19.3 Å². The van der Waals surface area contributed by atoms with Gasteiger partial charge in [0.15, 0.2) is 0 Å². The predicted molar refractivity (Wildman–Crippen MR) is 72.0 cm³/mol. The number of aromatic nitrogens is 2. The summed E-state index contributed by atoms with van der Waals surface area (Å²) in [5.41, 5.74) is 1.09. The summed E-state index contributed by atoms with van der Waals surface area (Å²) in [5, 5.41) is 0. The van der Waals surface area contributed by atoms with Crippen molar-refractivity contribution in [2.24, 2.45) is 5.92 Å². The quantitative estimate of drug-likeness (QED) is 0.776. The lowest BCUT2D eigenvalue weighted by atomic mass is 9.98. The summed E-state index contributed by atoms with van der Waals surface area (Å²) in [6, 6.07) is 0. The van der Waals surface area contributed by atoms with Crippen LogP contribution in [0.1, 0.15) is 35.9 Å². The smallest absolute Gasteiger partial charge is 0.310 e. The van der Waals surface area contributed by atoms with E-state index in [4.69, 9.17) is 4.74 Å². The fourth-order valence-corrected chi connectivity index (χ4v) is 2.28. The molecule has 1 amide bonds.